The molecule has 0 spiro atoms. The molecule has 0 heterocycles. The number of aliphatic hydroxyl groups is 3. The smallest absolute Gasteiger partial charge is 0.303 e. The summed E-state index contributed by atoms with van der Waals surface area (Å²) < 4.78 is 0. The largest absolute Gasteiger partial charge is 0.481 e. The van der Waals surface area contributed by atoms with Crippen LogP contribution < -0.4 is 11.1 Å². The van der Waals surface area contributed by atoms with Gasteiger partial charge in [-0.1, -0.05) is 139 Å². The number of carboxylic acid groups (broad SMARTS) is 1. The van der Waals surface area contributed by atoms with Crippen molar-refractivity contribution in [2.24, 2.45) is 5.73 Å². The minimum atomic E-state index is -1.04. The first-order chi connectivity index (χ1) is 23.3. The molecule has 0 aliphatic rings. The summed E-state index contributed by atoms with van der Waals surface area (Å²) in [5.74, 6) is -1.22. The lowest BCUT2D eigenvalue weighted by Gasteiger charge is -2.24. The third kappa shape index (κ3) is 27.7. The van der Waals surface area contributed by atoms with Crippen LogP contribution in [0, 0.1) is 0 Å². The van der Waals surface area contributed by atoms with Crippen molar-refractivity contribution in [1.82, 2.24) is 5.32 Å². The van der Waals surface area contributed by atoms with Crippen LogP contribution in [-0.4, -0.2) is 74.2 Å². The second-order valence-electron chi connectivity index (χ2n) is 12.5. The number of aliphatic carboxylic acids is 1. The van der Waals surface area contributed by atoms with Gasteiger partial charge in [0.2, 0.25) is 5.91 Å². The number of amides is 1. The van der Waals surface area contributed by atoms with E-state index in [0.29, 0.717) is 12.8 Å². The Morgan fingerprint density at radius 1 is 0.750 bits per heavy atom. The summed E-state index contributed by atoms with van der Waals surface area (Å²) in [6.45, 7) is 3.99. The molecule has 5 atom stereocenters. The fourth-order valence-corrected chi connectivity index (χ4v) is 6.09. The predicted molar refractivity (Wildman–Crippen MR) is 203 cm³/mol. The van der Waals surface area contributed by atoms with Crippen molar-refractivity contribution in [3.63, 3.8) is 0 Å². The number of nitrogens with one attached hydrogen (secondary N) is 1. The molecule has 0 rings (SSSR count). The molecule has 276 valence electrons. The molecular formula is C39H68N2O6S. The fraction of sp³-hybridized carbons (Fsp3) is 0.692. The Morgan fingerprint density at radius 3 is 2.02 bits per heavy atom. The Kier molecular flexibility index (Phi) is 31.8. The number of allylic oxidation sites excluding steroid dienone is 8. The van der Waals surface area contributed by atoms with Gasteiger partial charge in [-0.2, -0.15) is 0 Å². The second kappa shape index (κ2) is 33.3. The lowest BCUT2D eigenvalue weighted by atomic mass is 10.1. The molecule has 0 aliphatic heterocycles. The van der Waals surface area contributed by atoms with Gasteiger partial charge in [0.05, 0.1) is 30.9 Å². The summed E-state index contributed by atoms with van der Waals surface area (Å²) in [6, 6.07) is -1.81. The van der Waals surface area contributed by atoms with E-state index in [0.717, 1.165) is 32.1 Å². The van der Waals surface area contributed by atoms with Crippen LogP contribution in [0.3, 0.4) is 0 Å². The van der Waals surface area contributed by atoms with Crippen molar-refractivity contribution >= 4 is 23.6 Å². The minimum absolute atomic E-state index is 0.0314. The summed E-state index contributed by atoms with van der Waals surface area (Å²) in [5.41, 5.74) is 6.16. The van der Waals surface area contributed by atoms with Crippen molar-refractivity contribution in [2.75, 3.05) is 12.4 Å². The maximum absolute atomic E-state index is 12.8. The first-order valence-electron chi connectivity index (χ1n) is 18.4. The molecule has 9 heteroatoms. The maximum Gasteiger partial charge on any atom is 0.303 e. The van der Waals surface area contributed by atoms with E-state index in [1.807, 2.05) is 36.5 Å². The van der Waals surface area contributed by atoms with Gasteiger partial charge in [-0.15, -0.1) is 11.8 Å². The fourth-order valence-electron chi connectivity index (χ4n) is 4.95. The number of carboxylic acids is 1. The quantitative estimate of drug-likeness (QED) is 0.0240. The molecule has 0 aromatic rings. The zero-order valence-electron chi connectivity index (χ0n) is 29.9. The average molecular weight is 693 g/mol. The molecule has 0 saturated carbocycles. The molecule has 0 unspecified atom stereocenters. The monoisotopic (exact) mass is 692 g/mol. The highest BCUT2D eigenvalue weighted by Gasteiger charge is 2.24. The molecule has 0 radical (unpaired) electrons. The number of carbonyl (C=O) groups excluding carboxylic acids is 1. The number of aliphatic hydroxyl groups excluding tert-OH is 3. The van der Waals surface area contributed by atoms with Crippen molar-refractivity contribution in [2.45, 2.75) is 159 Å². The summed E-state index contributed by atoms with van der Waals surface area (Å²) in [4.78, 5) is 23.7. The molecule has 8 nitrogen and oxygen atoms in total. The average Bonchev–Trinajstić information content (AvgIpc) is 3.07. The topological polar surface area (TPSA) is 153 Å². The number of carbonyl (C=O) groups is 2. The van der Waals surface area contributed by atoms with Crippen LogP contribution in [-0.2, 0) is 9.59 Å². The minimum Gasteiger partial charge on any atom is -0.481 e. The Hall–Kier alpha value is -2.17. The van der Waals surface area contributed by atoms with Gasteiger partial charge in [-0.3, -0.25) is 9.59 Å². The van der Waals surface area contributed by atoms with E-state index in [9.17, 15) is 24.9 Å². The highest BCUT2D eigenvalue weighted by atomic mass is 32.2. The number of thioether (sulfide) groups is 1. The number of unbranched alkanes of at least 4 members (excludes halogenated alkanes) is 12. The predicted octanol–water partition coefficient (Wildman–Crippen LogP) is 7.54. The molecule has 0 aliphatic carbocycles. The van der Waals surface area contributed by atoms with Crippen molar-refractivity contribution in [3.8, 4) is 0 Å². The first-order valence-corrected chi connectivity index (χ1v) is 19.5. The lowest BCUT2D eigenvalue weighted by molar-refractivity contribution is -0.137. The van der Waals surface area contributed by atoms with Crippen LogP contribution in [0.25, 0.3) is 0 Å². The third-order valence-electron chi connectivity index (χ3n) is 8.00. The Bertz CT molecular complexity index is 935. The molecule has 0 bridgehead atoms. The van der Waals surface area contributed by atoms with Crippen LogP contribution in [0.2, 0.25) is 0 Å². The van der Waals surface area contributed by atoms with Crippen LogP contribution in [0.5, 0.6) is 0 Å². The van der Waals surface area contributed by atoms with E-state index in [1.54, 1.807) is 6.08 Å². The first kappa shape index (κ1) is 45.8. The zero-order valence-corrected chi connectivity index (χ0v) is 30.7. The standard InChI is InChI=1S/C39H68N2O6S/c1-3-5-7-9-11-13-15-17-19-21-23-25-29-37(36(44)28-26-30-38(45)46)48-32-33(40)39(47)41-34(31-42)35(43)27-24-22-20-18-16-14-12-10-8-6-4-2/h11,13,17,19,21,23-25,27,29,33-37,42-44H,3-10,12,14-16,18,20,22,26,28,30-32,40H2,1-2H3,(H,41,47)(H,45,46)/b13-11-,19-17-,23-21+,27-24+,29-25+/t33-,34-,35+,36-,37+/m0/s1. The van der Waals surface area contributed by atoms with E-state index < -0.39 is 48.0 Å². The highest BCUT2D eigenvalue weighted by molar-refractivity contribution is 8.00. The lowest BCUT2D eigenvalue weighted by Crippen LogP contribution is -2.52. The van der Waals surface area contributed by atoms with Gasteiger partial charge >= 0.3 is 5.97 Å². The van der Waals surface area contributed by atoms with Gasteiger partial charge in [-0.05, 0) is 44.9 Å². The molecule has 0 aromatic heterocycles. The van der Waals surface area contributed by atoms with Crippen LogP contribution in [0.1, 0.15) is 129 Å². The van der Waals surface area contributed by atoms with Crippen molar-refractivity contribution in [3.05, 3.63) is 60.8 Å². The molecule has 1 amide bonds. The van der Waals surface area contributed by atoms with Gasteiger partial charge in [-0.25, -0.2) is 0 Å². The normalized spacial score (nSPS) is 15.6. The Labute approximate surface area is 296 Å². The summed E-state index contributed by atoms with van der Waals surface area (Å²) in [5, 5.41) is 42.3. The van der Waals surface area contributed by atoms with Gasteiger partial charge in [0.1, 0.15) is 0 Å². The number of hydrogen-bond acceptors (Lipinski definition) is 7. The van der Waals surface area contributed by atoms with Crippen molar-refractivity contribution in [1.29, 1.82) is 0 Å². The summed E-state index contributed by atoms with van der Waals surface area (Å²) in [7, 11) is 0. The van der Waals surface area contributed by atoms with Gasteiger partial charge < -0.3 is 31.5 Å². The van der Waals surface area contributed by atoms with E-state index in [2.05, 4.69) is 37.4 Å². The maximum atomic E-state index is 12.8. The summed E-state index contributed by atoms with van der Waals surface area (Å²) in [6.07, 6.45) is 35.8. The summed E-state index contributed by atoms with van der Waals surface area (Å²) >= 11 is 1.31. The SMILES string of the molecule is CCCCC/C=C\C\C=C/C=C/C=C/[C@@H](SC[C@H](N)C(=O)N[C@@H](CO)[C@H](O)/C=C/CCCCCCCCCCC)[C@@H](O)CCCC(=O)O. The Morgan fingerprint density at radius 2 is 1.35 bits per heavy atom. The molecular weight excluding hydrogens is 625 g/mol. The number of rotatable bonds is 32. The number of hydrogen-bond donors (Lipinski definition) is 6. The Balaban J connectivity index is 4.80. The molecule has 0 aromatic carbocycles. The van der Waals surface area contributed by atoms with Gasteiger partial charge in [0.25, 0.3) is 0 Å². The third-order valence-corrected chi connectivity index (χ3v) is 9.41. The van der Waals surface area contributed by atoms with E-state index in [4.69, 9.17) is 10.8 Å². The van der Waals surface area contributed by atoms with E-state index >= 15 is 0 Å². The van der Waals surface area contributed by atoms with E-state index in [1.165, 1.54) is 76.0 Å². The van der Waals surface area contributed by atoms with Crippen LogP contribution >= 0.6 is 11.8 Å². The zero-order chi connectivity index (χ0) is 35.7. The highest BCUT2D eigenvalue weighted by Crippen LogP contribution is 2.21. The van der Waals surface area contributed by atoms with Crippen molar-refractivity contribution < 1.29 is 30.0 Å². The molecule has 48 heavy (non-hydrogen) atoms. The number of nitrogens with two attached hydrogens (primary N) is 1. The van der Waals surface area contributed by atoms with E-state index in [-0.39, 0.29) is 12.2 Å². The molecule has 0 saturated heterocycles. The molecule has 7 N–H and O–H groups in total. The van der Waals surface area contributed by atoms with Gasteiger partial charge in [0, 0.05) is 17.4 Å². The molecule has 0 fully saturated rings. The second-order valence-corrected chi connectivity index (χ2v) is 13.7. The van der Waals surface area contributed by atoms with Crippen LogP contribution in [0.4, 0.5) is 0 Å². The van der Waals surface area contributed by atoms with Gasteiger partial charge in [0.15, 0.2) is 0 Å². The van der Waals surface area contributed by atoms with Crippen LogP contribution in [0.15, 0.2) is 60.8 Å².